The van der Waals surface area contributed by atoms with Crippen LogP contribution < -0.4 is 9.80 Å². The van der Waals surface area contributed by atoms with E-state index in [4.69, 9.17) is 0 Å². The molecule has 2 aromatic heterocycles. The summed E-state index contributed by atoms with van der Waals surface area (Å²) in [7, 11) is 3.32. The van der Waals surface area contributed by atoms with Gasteiger partial charge < -0.3 is 9.80 Å². The highest BCUT2D eigenvalue weighted by Crippen LogP contribution is 2.36. The van der Waals surface area contributed by atoms with Crippen LogP contribution in [0.4, 0.5) is 24.9 Å². The molecule has 8 heteroatoms. The summed E-state index contributed by atoms with van der Waals surface area (Å²) in [4.78, 5) is 15.8. The van der Waals surface area contributed by atoms with Crippen molar-refractivity contribution >= 4 is 11.8 Å². The zero-order valence-corrected chi connectivity index (χ0v) is 13.5. The normalized spacial score (nSPS) is 18.0. The van der Waals surface area contributed by atoms with E-state index in [0.29, 0.717) is 6.54 Å². The van der Waals surface area contributed by atoms with Gasteiger partial charge in [0.25, 0.3) is 0 Å². The van der Waals surface area contributed by atoms with Crippen molar-refractivity contribution in [3.8, 4) is 0 Å². The fourth-order valence-corrected chi connectivity index (χ4v) is 2.81. The second-order valence-corrected chi connectivity index (χ2v) is 5.91. The zero-order chi connectivity index (χ0) is 17.3. The Labute approximate surface area is 138 Å². The van der Waals surface area contributed by atoms with Gasteiger partial charge in [-0.25, -0.2) is 4.98 Å². The van der Waals surface area contributed by atoms with Gasteiger partial charge in [0.1, 0.15) is 5.82 Å². The van der Waals surface area contributed by atoms with Gasteiger partial charge in [0.05, 0.1) is 11.7 Å². The van der Waals surface area contributed by atoms with Crippen molar-refractivity contribution in [2.24, 2.45) is 0 Å². The largest absolute Gasteiger partial charge is 0.433 e. The molecule has 5 nitrogen and oxygen atoms in total. The van der Waals surface area contributed by atoms with Crippen molar-refractivity contribution in [2.45, 2.75) is 25.1 Å². The molecule has 24 heavy (non-hydrogen) atoms. The summed E-state index contributed by atoms with van der Waals surface area (Å²) in [6.45, 7) is 0.607. The second-order valence-electron chi connectivity index (χ2n) is 5.91. The van der Waals surface area contributed by atoms with Gasteiger partial charge in [-0.2, -0.15) is 18.2 Å². The first-order valence-corrected chi connectivity index (χ1v) is 7.67. The zero-order valence-electron chi connectivity index (χ0n) is 13.5. The van der Waals surface area contributed by atoms with E-state index in [1.807, 2.05) is 23.1 Å². The Hall–Kier alpha value is -2.38. The number of nitrogens with zero attached hydrogens (tertiary/aromatic N) is 5. The number of halogens is 3. The first kappa shape index (κ1) is 16.5. The van der Waals surface area contributed by atoms with Crippen molar-refractivity contribution in [1.29, 1.82) is 0 Å². The average molecular weight is 337 g/mol. The molecule has 0 unspecified atom stereocenters. The van der Waals surface area contributed by atoms with E-state index < -0.39 is 11.9 Å². The molecule has 1 atom stereocenters. The third-order valence-corrected chi connectivity index (χ3v) is 3.99. The fraction of sp³-hybridized carbons (Fsp3) is 0.438. The van der Waals surface area contributed by atoms with Crippen LogP contribution in [0.25, 0.3) is 0 Å². The molecule has 1 saturated heterocycles. The van der Waals surface area contributed by atoms with Crippen molar-refractivity contribution in [2.75, 3.05) is 30.4 Å². The van der Waals surface area contributed by atoms with E-state index >= 15 is 0 Å². The van der Waals surface area contributed by atoms with Gasteiger partial charge in [-0.15, -0.1) is 0 Å². The number of hydrogen-bond acceptors (Lipinski definition) is 5. The fourth-order valence-electron chi connectivity index (χ4n) is 2.81. The van der Waals surface area contributed by atoms with Crippen LogP contribution in [0, 0.1) is 0 Å². The standard InChI is InChI=1S/C16H18F3N5/c1-23(2)14-10-13(16(17,18)19)21-15(22-14)24-9-5-7-12(24)11-6-3-4-8-20-11/h3-4,6,8,10,12H,5,7,9H2,1-2H3/t12-/m1/s1. The lowest BCUT2D eigenvalue weighted by Gasteiger charge is -2.26. The maximum atomic E-state index is 13.2. The number of aromatic nitrogens is 3. The quantitative estimate of drug-likeness (QED) is 0.860. The molecule has 2 aromatic rings. The lowest BCUT2D eigenvalue weighted by Crippen LogP contribution is -2.27. The summed E-state index contributed by atoms with van der Waals surface area (Å²) in [5.74, 6) is 0.334. The van der Waals surface area contributed by atoms with E-state index in [9.17, 15) is 13.2 Å². The predicted molar refractivity (Wildman–Crippen MR) is 84.9 cm³/mol. The van der Waals surface area contributed by atoms with Gasteiger partial charge in [0, 0.05) is 32.9 Å². The topological polar surface area (TPSA) is 45.2 Å². The Morgan fingerprint density at radius 2 is 2.00 bits per heavy atom. The number of rotatable bonds is 3. The van der Waals surface area contributed by atoms with E-state index in [0.717, 1.165) is 24.6 Å². The van der Waals surface area contributed by atoms with Crippen LogP contribution in [0.1, 0.15) is 30.3 Å². The van der Waals surface area contributed by atoms with Gasteiger partial charge in [-0.3, -0.25) is 4.98 Å². The molecular weight excluding hydrogens is 319 g/mol. The minimum atomic E-state index is -4.51. The molecule has 0 aliphatic carbocycles. The minimum Gasteiger partial charge on any atom is -0.363 e. The molecule has 128 valence electrons. The molecule has 0 saturated carbocycles. The van der Waals surface area contributed by atoms with Crippen molar-refractivity contribution in [3.63, 3.8) is 0 Å². The Morgan fingerprint density at radius 1 is 1.21 bits per heavy atom. The van der Waals surface area contributed by atoms with E-state index in [-0.39, 0.29) is 17.8 Å². The summed E-state index contributed by atoms with van der Waals surface area (Å²) >= 11 is 0. The van der Waals surface area contributed by atoms with Crippen LogP contribution in [0.15, 0.2) is 30.5 Å². The molecule has 0 aromatic carbocycles. The molecule has 3 rings (SSSR count). The second kappa shape index (κ2) is 6.26. The summed E-state index contributed by atoms with van der Waals surface area (Å²) in [5.41, 5.74) is -0.106. The Kier molecular flexibility index (Phi) is 4.29. The SMILES string of the molecule is CN(C)c1cc(C(F)(F)F)nc(N2CCC[C@@H]2c2ccccn2)n1. The summed E-state index contributed by atoms with van der Waals surface area (Å²) in [5, 5.41) is 0. The minimum absolute atomic E-state index is 0.0988. The van der Waals surface area contributed by atoms with Gasteiger partial charge in [-0.1, -0.05) is 6.07 Å². The molecule has 3 heterocycles. The highest BCUT2D eigenvalue weighted by molar-refractivity contribution is 5.47. The van der Waals surface area contributed by atoms with Crippen LogP contribution in [0.5, 0.6) is 0 Å². The molecular formula is C16H18F3N5. The third-order valence-electron chi connectivity index (χ3n) is 3.99. The average Bonchev–Trinajstić information content (AvgIpc) is 3.04. The van der Waals surface area contributed by atoms with Gasteiger partial charge in [-0.05, 0) is 25.0 Å². The summed E-state index contributed by atoms with van der Waals surface area (Å²) < 4.78 is 39.5. The smallest absolute Gasteiger partial charge is 0.363 e. The van der Waals surface area contributed by atoms with Gasteiger partial charge in [0.15, 0.2) is 5.69 Å². The van der Waals surface area contributed by atoms with E-state index in [1.165, 1.54) is 0 Å². The summed E-state index contributed by atoms with van der Waals surface area (Å²) in [6, 6.07) is 6.42. The maximum absolute atomic E-state index is 13.2. The monoisotopic (exact) mass is 337 g/mol. The molecule has 0 bridgehead atoms. The first-order chi connectivity index (χ1) is 11.4. The molecule has 0 N–H and O–H groups in total. The van der Waals surface area contributed by atoms with Crippen LogP contribution in [-0.4, -0.2) is 35.6 Å². The number of hydrogen-bond donors (Lipinski definition) is 0. The van der Waals surface area contributed by atoms with Gasteiger partial charge >= 0.3 is 6.18 Å². The predicted octanol–water partition coefficient (Wildman–Crippen LogP) is 3.30. The molecule has 1 fully saturated rings. The number of alkyl halides is 3. The maximum Gasteiger partial charge on any atom is 0.433 e. The lowest BCUT2D eigenvalue weighted by atomic mass is 10.1. The van der Waals surface area contributed by atoms with Crippen LogP contribution in [0.2, 0.25) is 0 Å². The lowest BCUT2D eigenvalue weighted by molar-refractivity contribution is -0.141. The van der Waals surface area contributed by atoms with Crippen molar-refractivity contribution in [1.82, 2.24) is 15.0 Å². The van der Waals surface area contributed by atoms with E-state index in [1.54, 1.807) is 25.2 Å². The third kappa shape index (κ3) is 3.27. The van der Waals surface area contributed by atoms with Crippen LogP contribution in [-0.2, 0) is 6.18 Å². The Morgan fingerprint density at radius 3 is 2.62 bits per heavy atom. The highest BCUT2D eigenvalue weighted by atomic mass is 19.4. The van der Waals surface area contributed by atoms with Crippen LogP contribution >= 0.6 is 0 Å². The highest BCUT2D eigenvalue weighted by Gasteiger charge is 2.36. The van der Waals surface area contributed by atoms with Crippen molar-refractivity contribution in [3.05, 3.63) is 41.9 Å². The Balaban J connectivity index is 2.02. The molecule has 0 radical (unpaired) electrons. The number of anilines is 2. The molecule has 1 aliphatic rings. The van der Waals surface area contributed by atoms with E-state index in [2.05, 4.69) is 15.0 Å². The molecule has 1 aliphatic heterocycles. The first-order valence-electron chi connectivity index (χ1n) is 7.67. The molecule has 0 amide bonds. The Bertz CT molecular complexity index is 703. The van der Waals surface area contributed by atoms with Crippen molar-refractivity contribution < 1.29 is 13.2 Å². The summed E-state index contributed by atoms with van der Waals surface area (Å²) in [6.07, 6.45) is -1.15. The van der Waals surface area contributed by atoms with Crippen LogP contribution in [0.3, 0.4) is 0 Å². The number of pyridine rings is 1. The molecule has 0 spiro atoms. The van der Waals surface area contributed by atoms with Gasteiger partial charge in [0.2, 0.25) is 5.95 Å².